The number of hydrogen-bond acceptors (Lipinski definition) is 5. The molecule has 1 atom stereocenters. The van der Waals surface area contributed by atoms with Gasteiger partial charge in [-0.1, -0.05) is 49.4 Å². The molecule has 1 aromatic heterocycles. The van der Waals surface area contributed by atoms with E-state index in [-0.39, 0.29) is 31.0 Å². The summed E-state index contributed by atoms with van der Waals surface area (Å²) in [5, 5.41) is 5.99. The number of esters is 1. The zero-order valence-electron chi connectivity index (χ0n) is 19.9. The van der Waals surface area contributed by atoms with Crippen LogP contribution in [-0.2, 0) is 29.2 Å². The standard InChI is InChI=1S/C27H29N3O5/c1-3-22(19-9-5-4-6-10-19)29-25(31)21-15-23(30-12-13-35-17-24(21)30)26(32)28-16-18-8-7-11-20(14-18)27(33)34-2/h4-11,14-15,22H,3,12-13,16-17H2,1-2H3,(H,28,32)(H,29,31)/t22-/m1/s1. The van der Waals surface area contributed by atoms with Crippen molar-refractivity contribution in [2.24, 2.45) is 0 Å². The molecule has 0 fully saturated rings. The molecule has 4 rings (SSSR count). The number of rotatable bonds is 8. The van der Waals surface area contributed by atoms with E-state index in [0.29, 0.717) is 35.7 Å². The Morgan fingerprint density at radius 1 is 1.06 bits per heavy atom. The molecule has 182 valence electrons. The van der Waals surface area contributed by atoms with E-state index < -0.39 is 5.97 Å². The molecule has 3 aromatic rings. The van der Waals surface area contributed by atoms with Crippen LogP contribution in [0.2, 0.25) is 0 Å². The summed E-state index contributed by atoms with van der Waals surface area (Å²) in [5.74, 6) is -0.971. The fourth-order valence-electron chi connectivity index (χ4n) is 4.25. The third-order valence-electron chi connectivity index (χ3n) is 6.10. The number of aromatic nitrogens is 1. The molecule has 0 saturated carbocycles. The maximum atomic E-state index is 13.2. The molecule has 2 amide bonds. The van der Waals surface area contributed by atoms with Gasteiger partial charge >= 0.3 is 5.97 Å². The first-order valence-electron chi connectivity index (χ1n) is 11.6. The van der Waals surface area contributed by atoms with Crippen molar-refractivity contribution in [2.45, 2.75) is 39.1 Å². The van der Waals surface area contributed by atoms with Crippen LogP contribution in [0.4, 0.5) is 0 Å². The van der Waals surface area contributed by atoms with Gasteiger partial charge in [0.1, 0.15) is 5.69 Å². The first kappa shape index (κ1) is 24.2. The molecule has 0 aliphatic carbocycles. The van der Waals surface area contributed by atoms with Gasteiger partial charge in [-0.25, -0.2) is 4.79 Å². The van der Waals surface area contributed by atoms with Gasteiger partial charge in [0.2, 0.25) is 0 Å². The van der Waals surface area contributed by atoms with Crippen LogP contribution in [0.5, 0.6) is 0 Å². The number of methoxy groups -OCH3 is 1. The van der Waals surface area contributed by atoms with E-state index in [4.69, 9.17) is 9.47 Å². The maximum Gasteiger partial charge on any atom is 0.337 e. The largest absolute Gasteiger partial charge is 0.465 e. The Hall–Kier alpha value is -3.91. The van der Waals surface area contributed by atoms with Gasteiger partial charge in [0.05, 0.1) is 43.2 Å². The number of ether oxygens (including phenoxy) is 2. The fraction of sp³-hybridized carbons (Fsp3) is 0.296. The van der Waals surface area contributed by atoms with Gasteiger partial charge in [-0.2, -0.15) is 0 Å². The molecule has 1 aliphatic heterocycles. The highest BCUT2D eigenvalue weighted by Gasteiger charge is 2.27. The van der Waals surface area contributed by atoms with Crippen molar-refractivity contribution < 1.29 is 23.9 Å². The fourth-order valence-corrected chi connectivity index (χ4v) is 4.25. The summed E-state index contributed by atoms with van der Waals surface area (Å²) in [6, 6.07) is 18.2. The molecule has 35 heavy (non-hydrogen) atoms. The number of benzene rings is 2. The lowest BCUT2D eigenvalue weighted by Crippen LogP contribution is -2.30. The second-order valence-electron chi connectivity index (χ2n) is 8.31. The summed E-state index contributed by atoms with van der Waals surface area (Å²) >= 11 is 0. The number of carbonyl (C=O) groups is 3. The summed E-state index contributed by atoms with van der Waals surface area (Å²) in [5.41, 5.74) is 3.75. The summed E-state index contributed by atoms with van der Waals surface area (Å²) in [4.78, 5) is 38.1. The molecule has 8 nitrogen and oxygen atoms in total. The first-order valence-corrected chi connectivity index (χ1v) is 11.6. The SMILES string of the molecule is CC[C@@H](NC(=O)c1cc(C(=O)NCc2cccc(C(=O)OC)c2)n2c1COCC2)c1ccccc1. The molecule has 1 aliphatic rings. The first-order chi connectivity index (χ1) is 17.0. The average Bonchev–Trinajstić information content (AvgIpc) is 3.30. The Morgan fingerprint density at radius 2 is 1.86 bits per heavy atom. The maximum absolute atomic E-state index is 13.2. The van der Waals surface area contributed by atoms with Crippen LogP contribution < -0.4 is 10.6 Å². The number of nitrogens with one attached hydrogen (secondary N) is 2. The summed E-state index contributed by atoms with van der Waals surface area (Å²) in [7, 11) is 1.33. The number of carbonyl (C=O) groups excluding carboxylic acids is 3. The summed E-state index contributed by atoms with van der Waals surface area (Å²) < 4.78 is 12.2. The van der Waals surface area contributed by atoms with Gasteiger partial charge in [-0.3, -0.25) is 9.59 Å². The molecule has 2 N–H and O–H groups in total. The molecular formula is C27H29N3O5. The van der Waals surface area contributed by atoms with Crippen molar-refractivity contribution in [3.63, 3.8) is 0 Å². The minimum atomic E-state index is -0.435. The third-order valence-corrected chi connectivity index (χ3v) is 6.10. The minimum Gasteiger partial charge on any atom is -0.465 e. The highest BCUT2D eigenvalue weighted by atomic mass is 16.5. The molecule has 2 heterocycles. The van der Waals surface area contributed by atoms with Gasteiger partial charge in [0.15, 0.2) is 0 Å². The molecule has 2 aromatic carbocycles. The van der Waals surface area contributed by atoms with Gasteiger partial charge in [-0.15, -0.1) is 0 Å². The Morgan fingerprint density at radius 3 is 2.60 bits per heavy atom. The van der Waals surface area contributed by atoms with E-state index in [1.54, 1.807) is 24.3 Å². The lowest BCUT2D eigenvalue weighted by atomic mass is 10.0. The topological polar surface area (TPSA) is 98.7 Å². The minimum absolute atomic E-state index is 0.136. The monoisotopic (exact) mass is 475 g/mol. The number of fused-ring (bicyclic) bond motifs is 1. The zero-order chi connectivity index (χ0) is 24.8. The Kier molecular flexibility index (Phi) is 7.62. The Balaban J connectivity index is 1.52. The van der Waals surface area contributed by atoms with Crippen molar-refractivity contribution in [3.05, 3.63) is 94.3 Å². The van der Waals surface area contributed by atoms with E-state index in [9.17, 15) is 14.4 Å². The van der Waals surface area contributed by atoms with Crippen LogP contribution in [-0.4, -0.2) is 36.1 Å². The number of nitrogens with zero attached hydrogens (tertiary/aromatic N) is 1. The van der Waals surface area contributed by atoms with Crippen LogP contribution >= 0.6 is 0 Å². The smallest absolute Gasteiger partial charge is 0.337 e. The third kappa shape index (κ3) is 5.44. The predicted molar refractivity (Wildman–Crippen MR) is 130 cm³/mol. The zero-order valence-corrected chi connectivity index (χ0v) is 19.9. The lowest BCUT2D eigenvalue weighted by Gasteiger charge is -2.20. The summed E-state index contributed by atoms with van der Waals surface area (Å²) in [6.07, 6.45) is 0.736. The molecule has 0 radical (unpaired) electrons. The van der Waals surface area contributed by atoms with Crippen LogP contribution in [0.25, 0.3) is 0 Å². The molecule has 0 unspecified atom stereocenters. The van der Waals surface area contributed by atoms with E-state index in [1.807, 2.05) is 47.9 Å². The molecular weight excluding hydrogens is 446 g/mol. The number of hydrogen-bond donors (Lipinski definition) is 2. The van der Waals surface area contributed by atoms with Crippen molar-refractivity contribution in [2.75, 3.05) is 13.7 Å². The normalized spacial score (nSPS) is 13.4. The van der Waals surface area contributed by atoms with Crippen LogP contribution in [0.3, 0.4) is 0 Å². The second kappa shape index (κ2) is 11.0. The molecule has 0 spiro atoms. The van der Waals surface area contributed by atoms with E-state index in [0.717, 1.165) is 17.5 Å². The molecule has 0 bridgehead atoms. The Labute approximate surface area is 204 Å². The number of amides is 2. The van der Waals surface area contributed by atoms with E-state index in [2.05, 4.69) is 10.6 Å². The van der Waals surface area contributed by atoms with Gasteiger partial charge < -0.3 is 24.7 Å². The lowest BCUT2D eigenvalue weighted by molar-refractivity contribution is 0.0600. The molecule has 8 heteroatoms. The van der Waals surface area contributed by atoms with Crippen molar-refractivity contribution >= 4 is 17.8 Å². The van der Waals surface area contributed by atoms with Gasteiger partial charge in [-0.05, 0) is 35.7 Å². The highest BCUT2D eigenvalue weighted by Crippen LogP contribution is 2.23. The van der Waals surface area contributed by atoms with Crippen LogP contribution in [0, 0.1) is 0 Å². The molecule has 0 saturated heterocycles. The van der Waals surface area contributed by atoms with Crippen molar-refractivity contribution in [1.29, 1.82) is 0 Å². The second-order valence-corrected chi connectivity index (χ2v) is 8.31. The van der Waals surface area contributed by atoms with Crippen LogP contribution in [0.15, 0.2) is 60.7 Å². The van der Waals surface area contributed by atoms with Gasteiger partial charge in [0.25, 0.3) is 11.8 Å². The highest BCUT2D eigenvalue weighted by molar-refractivity contribution is 6.01. The summed E-state index contributed by atoms with van der Waals surface area (Å²) in [6.45, 7) is 3.46. The average molecular weight is 476 g/mol. The van der Waals surface area contributed by atoms with Crippen molar-refractivity contribution in [1.82, 2.24) is 15.2 Å². The quantitative estimate of drug-likeness (QED) is 0.485. The van der Waals surface area contributed by atoms with Crippen molar-refractivity contribution in [3.8, 4) is 0 Å². The van der Waals surface area contributed by atoms with E-state index in [1.165, 1.54) is 7.11 Å². The van der Waals surface area contributed by atoms with E-state index >= 15 is 0 Å². The predicted octanol–water partition coefficient (Wildman–Crippen LogP) is 3.62. The Bertz CT molecular complexity index is 1220. The van der Waals surface area contributed by atoms with Crippen LogP contribution in [0.1, 0.15) is 67.4 Å². The van der Waals surface area contributed by atoms with Gasteiger partial charge in [0, 0.05) is 13.1 Å².